The van der Waals surface area contributed by atoms with Crippen molar-refractivity contribution in [1.82, 2.24) is 14.8 Å². The van der Waals surface area contributed by atoms with Gasteiger partial charge in [-0.3, -0.25) is 14.4 Å². The third kappa shape index (κ3) is 4.36. The van der Waals surface area contributed by atoms with Crippen LogP contribution >= 0.6 is 0 Å². The lowest BCUT2D eigenvalue weighted by Crippen LogP contribution is -2.49. The molecule has 1 aliphatic carbocycles. The van der Waals surface area contributed by atoms with Crippen LogP contribution in [0.15, 0.2) is 77.7 Å². The highest BCUT2D eigenvalue weighted by molar-refractivity contribution is 5.94. The Labute approximate surface area is 212 Å². The Hall–Kier alpha value is -3.67. The molecule has 2 atom stereocenters. The molecular weight excluding hydrogens is 450 g/mol. The molecule has 6 nitrogen and oxygen atoms in total. The van der Waals surface area contributed by atoms with Crippen LogP contribution in [0.25, 0.3) is 0 Å². The summed E-state index contributed by atoms with van der Waals surface area (Å²) in [5, 5.41) is 3.00. The highest BCUT2D eigenvalue weighted by Crippen LogP contribution is 2.47. The van der Waals surface area contributed by atoms with Gasteiger partial charge in [0.25, 0.3) is 11.5 Å². The van der Waals surface area contributed by atoms with Crippen molar-refractivity contribution in [2.45, 2.75) is 50.0 Å². The second-order valence-corrected chi connectivity index (χ2v) is 10.3. The van der Waals surface area contributed by atoms with E-state index in [0.29, 0.717) is 25.9 Å². The summed E-state index contributed by atoms with van der Waals surface area (Å²) in [6, 6.07) is 22.2. The van der Waals surface area contributed by atoms with Crippen molar-refractivity contribution in [1.29, 1.82) is 0 Å². The van der Waals surface area contributed by atoms with Crippen LogP contribution in [0.5, 0.6) is 0 Å². The lowest BCUT2D eigenvalue weighted by molar-refractivity contribution is -0.134. The number of amides is 2. The van der Waals surface area contributed by atoms with Gasteiger partial charge in [-0.1, -0.05) is 61.5 Å². The third-order valence-electron chi connectivity index (χ3n) is 8.08. The number of carbonyl (C=O) groups is 2. The van der Waals surface area contributed by atoms with Gasteiger partial charge in [0.05, 0.1) is 5.92 Å². The first-order valence-electron chi connectivity index (χ1n) is 12.8. The smallest absolute Gasteiger partial charge is 0.263 e. The summed E-state index contributed by atoms with van der Waals surface area (Å²) in [7, 11) is 1.63. The van der Waals surface area contributed by atoms with Crippen molar-refractivity contribution in [3.63, 3.8) is 0 Å². The van der Waals surface area contributed by atoms with E-state index in [1.54, 1.807) is 25.4 Å². The maximum atomic E-state index is 13.7. The third-order valence-corrected chi connectivity index (χ3v) is 8.08. The van der Waals surface area contributed by atoms with Crippen LogP contribution in [-0.2, 0) is 17.3 Å². The molecule has 186 valence electrons. The number of hydrogen-bond acceptors (Lipinski definition) is 3. The second-order valence-electron chi connectivity index (χ2n) is 10.3. The minimum atomic E-state index is -0.345. The number of likely N-dealkylation sites (tertiary alicyclic amines) is 1. The number of aryl methyl sites for hydroxylation is 1. The molecule has 2 amide bonds. The van der Waals surface area contributed by atoms with Gasteiger partial charge in [-0.2, -0.15) is 0 Å². The van der Waals surface area contributed by atoms with Crippen LogP contribution in [0.4, 0.5) is 0 Å². The topological polar surface area (TPSA) is 71.4 Å². The number of rotatable bonds is 4. The summed E-state index contributed by atoms with van der Waals surface area (Å²) in [6.07, 6.45) is 4.73. The summed E-state index contributed by atoms with van der Waals surface area (Å²) in [5.74, 6) is -0.307. The molecule has 1 fully saturated rings. The second kappa shape index (κ2) is 9.76. The number of hydrogen-bond donors (Lipinski definition) is 1. The molecule has 1 aromatic heterocycles. The molecule has 36 heavy (non-hydrogen) atoms. The summed E-state index contributed by atoms with van der Waals surface area (Å²) in [6.45, 7) is 3.49. The molecule has 1 aliphatic heterocycles. The maximum absolute atomic E-state index is 13.7. The Balaban J connectivity index is 1.27. The molecule has 2 aliphatic rings. The molecule has 0 unspecified atom stereocenters. The zero-order chi connectivity index (χ0) is 25.3. The van der Waals surface area contributed by atoms with E-state index in [9.17, 15) is 14.4 Å². The molecule has 1 N–H and O–H groups in total. The van der Waals surface area contributed by atoms with Crippen LogP contribution in [-0.4, -0.2) is 40.4 Å². The van der Waals surface area contributed by atoms with Gasteiger partial charge in [0.1, 0.15) is 5.56 Å². The standard InChI is InChI=1S/C30H33N3O3/c1-30(21-9-4-3-5-10-21)17-14-24(23-11-6-7-13-26(23)30)29(36)33-19-15-22(16-20-33)31-27(34)25-12-8-18-32(2)28(25)35/h3-13,18,22,24H,14-17,19-20H2,1-2H3,(H,31,34)/t24-,30-/m0/s1. The van der Waals surface area contributed by atoms with E-state index in [1.165, 1.54) is 15.7 Å². The molecule has 5 rings (SSSR count). The minimum Gasteiger partial charge on any atom is -0.349 e. The SMILES string of the molecule is Cn1cccc(C(=O)NC2CCN(C(=O)[C@H]3CC[C@@](C)(c4ccccc4)c4ccccc43)CC2)c1=O. The largest absolute Gasteiger partial charge is 0.349 e. The van der Waals surface area contributed by atoms with Crippen LogP contribution in [0.1, 0.15) is 65.6 Å². The molecule has 3 aromatic rings. The highest BCUT2D eigenvalue weighted by Gasteiger charge is 2.41. The first-order valence-corrected chi connectivity index (χ1v) is 12.8. The predicted molar refractivity (Wildman–Crippen MR) is 140 cm³/mol. The molecule has 1 saturated heterocycles. The lowest BCUT2D eigenvalue weighted by Gasteiger charge is -2.42. The first kappa shape index (κ1) is 24.0. The van der Waals surface area contributed by atoms with Crippen molar-refractivity contribution in [2.24, 2.45) is 7.05 Å². The summed E-state index contributed by atoms with van der Waals surface area (Å²) in [4.78, 5) is 40.6. The fraction of sp³-hybridized carbons (Fsp3) is 0.367. The van der Waals surface area contributed by atoms with E-state index in [4.69, 9.17) is 0 Å². The maximum Gasteiger partial charge on any atom is 0.263 e. The van der Waals surface area contributed by atoms with Crippen LogP contribution < -0.4 is 10.9 Å². The zero-order valence-corrected chi connectivity index (χ0v) is 20.9. The molecule has 0 radical (unpaired) electrons. The number of pyridine rings is 1. The van der Waals surface area contributed by atoms with Crippen molar-refractivity contribution >= 4 is 11.8 Å². The van der Waals surface area contributed by atoms with Gasteiger partial charge in [-0.15, -0.1) is 0 Å². The Kier molecular flexibility index (Phi) is 6.52. The zero-order valence-electron chi connectivity index (χ0n) is 20.9. The molecule has 6 heteroatoms. The van der Waals surface area contributed by atoms with E-state index in [0.717, 1.165) is 18.4 Å². The van der Waals surface area contributed by atoms with Gasteiger partial charge < -0.3 is 14.8 Å². The Morgan fingerprint density at radius 1 is 0.917 bits per heavy atom. The van der Waals surface area contributed by atoms with E-state index in [1.807, 2.05) is 17.0 Å². The fourth-order valence-electron chi connectivity index (χ4n) is 5.89. The van der Waals surface area contributed by atoms with Crippen LogP contribution in [0.3, 0.4) is 0 Å². The van der Waals surface area contributed by atoms with Crippen LogP contribution in [0.2, 0.25) is 0 Å². The molecule has 2 heterocycles. The number of aromatic nitrogens is 1. The fourth-order valence-corrected chi connectivity index (χ4v) is 5.89. The predicted octanol–water partition coefficient (Wildman–Crippen LogP) is 3.99. The molecule has 2 aromatic carbocycles. The average Bonchev–Trinajstić information content (AvgIpc) is 2.91. The van der Waals surface area contributed by atoms with Gasteiger partial charge in [0.2, 0.25) is 5.91 Å². The monoisotopic (exact) mass is 483 g/mol. The average molecular weight is 484 g/mol. The van der Waals surface area contributed by atoms with Crippen molar-refractivity contribution in [3.05, 3.63) is 106 Å². The number of fused-ring (bicyclic) bond motifs is 1. The van der Waals surface area contributed by atoms with Crippen molar-refractivity contribution in [2.75, 3.05) is 13.1 Å². The van der Waals surface area contributed by atoms with Crippen molar-refractivity contribution < 1.29 is 9.59 Å². The Morgan fingerprint density at radius 3 is 2.36 bits per heavy atom. The molecule has 0 spiro atoms. The van der Waals surface area contributed by atoms with Gasteiger partial charge in [0.15, 0.2) is 0 Å². The summed E-state index contributed by atoms with van der Waals surface area (Å²) < 4.78 is 1.40. The minimum absolute atomic E-state index is 0.0496. The van der Waals surface area contributed by atoms with E-state index in [-0.39, 0.29) is 40.3 Å². The molecular formula is C30H33N3O3. The Morgan fingerprint density at radius 2 is 1.61 bits per heavy atom. The number of piperidine rings is 1. The molecule has 0 saturated carbocycles. The van der Waals surface area contributed by atoms with E-state index in [2.05, 4.69) is 54.7 Å². The Bertz CT molecular complexity index is 1320. The van der Waals surface area contributed by atoms with Gasteiger partial charge in [-0.25, -0.2) is 0 Å². The lowest BCUT2D eigenvalue weighted by atomic mass is 9.64. The summed E-state index contributed by atoms with van der Waals surface area (Å²) >= 11 is 0. The van der Waals surface area contributed by atoms with E-state index >= 15 is 0 Å². The number of benzene rings is 2. The van der Waals surface area contributed by atoms with Gasteiger partial charge in [0, 0.05) is 37.8 Å². The first-order chi connectivity index (χ1) is 17.4. The normalized spacial score (nSPS) is 22.1. The number of nitrogens with zero attached hydrogens (tertiary/aromatic N) is 2. The summed E-state index contributed by atoms with van der Waals surface area (Å²) in [5.41, 5.74) is 3.40. The number of nitrogens with one attached hydrogen (secondary N) is 1. The quantitative estimate of drug-likeness (QED) is 0.610. The number of carbonyl (C=O) groups excluding carboxylic acids is 2. The highest BCUT2D eigenvalue weighted by atomic mass is 16.2. The van der Waals surface area contributed by atoms with Gasteiger partial charge >= 0.3 is 0 Å². The van der Waals surface area contributed by atoms with Crippen molar-refractivity contribution in [3.8, 4) is 0 Å². The molecule has 0 bridgehead atoms. The van der Waals surface area contributed by atoms with E-state index < -0.39 is 0 Å². The van der Waals surface area contributed by atoms with Gasteiger partial charge in [-0.05, 0) is 54.5 Å². The van der Waals surface area contributed by atoms with Crippen LogP contribution in [0, 0.1) is 0 Å².